The molecule has 14 N–H and O–H groups in total. The molecule has 60 heavy (non-hydrogen) atoms. The molecule has 320 valence electrons. The van der Waals surface area contributed by atoms with Gasteiger partial charge in [-0.05, 0) is 12.1 Å². The van der Waals surface area contributed by atoms with Gasteiger partial charge in [0.1, 0.15) is 30.5 Å². The summed E-state index contributed by atoms with van der Waals surface area (Å²) in [5, 5.41) is 25.3. The number of non-ortho nitro benzene ring substituents is 1. The van der Waals surface area contributed by atoms with Crippen LogP contribution in [0.5, 0.6) is 5.75 Å². The van der Waals surface area contributed by atoms with E-state index in [2.05, 4.69) is 51.2 Å². The average molecular weight is 862 g/mol. The number of carbonyl (C=O) groups excluding carboxylic acids is 6. The number of nitrogens with two attached hydrogens (primary N) is 5. The number of hydrazine groups is 1. The summed E-state index contributed by atoms with van der Waals surface area (Å²) in [6, 6.07) is 4.38. The van der Waals surface area contributed by atoms with Crippen molar-refractivity contribution in [2.45, 2.75) is 7.43 Å². The number of H-pyrrole nitrogens is 1. The summed E-state index contributed by atoms with van der Waals surface area (Å²) in [6.07, 6.45) is 5.28. The molecule has 0 bridgehead atoms. The van der Waals surface area contributed by atoms with Gasteiger partial charge in [-0.25, -0.2) is 53.7 Å². The first kappa shape index (κ1) is 49.0. The summed E-state index contributed by atoms with van der Waals surface area (Å²) < 4.78 is 9.01. The number of aromatic amines is 1. The number of rotatable bonds is 9. The van der Waals surface area contributed by atoms with Crippen LogP contribution in [0.2, 0.25) is 0 Å². The maximum absolute atomic E-state index is 11.8. The fraction of sp³-hybridized carbons (Fsp3) is 0.107. The van der Waals surface area contributed by atoms with Crippen LogP contribution in [-0.4, -0.2) is 108 Å². The molecule has 0 aliphatic rings. The first-order chi connectivity index (χ1) is 27.6. The summed E-state index contributed by atoms with van der Waals surface area (Å²) in [6.45, 7) is 0. The molecule has 32 heteroatoms. The van der Waals surface area contributed by atoms with Crippen molar-refractivity contribution in [3.63, 3.8) is 0 Å². The largest absolute Gasteiger partial charge is 0.426 e. The summed E-state index contributed by atoms with van der Waals surface area (Å²) in [5.41, 5.74) is 20.9. The van der Waals surface area contributed by atoms with Crippen molar-refractivity contribution in [2.75, 3.05) is 40.2 Å². The van der Waals surface area contributed by atoms with Crippen molar-refractivity contribution in [2.24, 2.45) is 18.6 Å². The Hall–Kier alpha value is -9.00. The molecule has 0 saturated heterocycles. The van der Waals surface area contributed by atoms with E-state index in [0.717, 1.165) is 29.6 Å². The minimum absolute atomic E-state index is 0. The van der Waals surface area contributed by atoms with Gasteiger partial charge in [0.15, 0.2) is 40.4 Å². The molecule has 0 unspecified atom stereocenters. The van der Waals surface area contributed by atoms with Crippen molar-refractivity contribution in [3.8, 4) is 5.75 Å². The highest BCUT2D eigenvalue weighted by atomic mass is 35.5. The van der Waals surface area contributed by atoms with Crippen LogP contribution in [0.15, 0.2) is 54.4 Å². The van der Waals surface area contributed by atoms with Crippen LogP contribution in [0.1, 0.15) is 17.9 Å². The van der Waals surface area contributed by atoms with E-state index >= 15 is 0 Å². The van der Waals surface area contributed by atoms with Crippen molar-refractivity contribution < 1.29 is 38.4 Å². The lowest BCUT2D eigenvalue weighted by molar-refractivity contribution is -0.384. The number of nitrogens with zero attached hydrogens (tertiary/aromatic N) is 12. The second kappa shape index (κ2) is 22.5. The highest BCUT2D eigenvalue weighted by molar-refractivity contribution is 5.96. The number of hydrogen-bond donors (Lipinski definition) is 9. The molecule has 0 saturated carbocycles. The fourth-order valence-electron chi connectivity index (χ4n) is 3.83. The molecule has 6 aromatic rings. The number of nitro benzene ring substituents is 1. The lowest BCUT2D eigenvalue weighted by Gasteiger charge is -2.10. The van der Waals surface area contributed by atoms with E-state index < -0.39 is 28.6 Å². The molecular formula is C28H36ClN21O10. The molecule has 0 aliphatic carbocycles. The van der Waals surface area contributed by atoms with Gasteiger partial charge in [-0.15, -0.1) is 17.5 Å². The smallest absolute Gasteiger partial charge is 0.410 e. The van der Waals surface area contributed by atoms with Crippen LogP contribution in [0.4, 0.5) is 50.2 Å². The van der Waals surface area contributed by atoms with E-state index in [4.69, 9.17) is 33.5 Å². The third-order valence-corrected chi connectivity index (χ3v) is 6.55. The average Bonchev–Trinajstić information content (AvgIpc) is 3.99. The Kier molecular flexibility index (Phi) is 18.4. The molecule has 31 nitrogen and oxygen atoms in total. The number of aromatic nitrogens is 11. The zero-order valence-electron chi connectivity index (χ0n) is 30.1. The number of nitrogen functional groups attached to an aromatic ring is 3. The first-order valence-electron chi connectivity index (χ1n) is 15.2. The molecule has 0 atom stereocenters. The summed E-state index contributed by atoms with van der Waals surface area (Å²) >= 11 is 0. The number of anilines is 6. The van der Waals surface area contributed by atoms with Crippen molar-refractivity contribution >= 4 is 95.9 Å². The number of nitrogens with one attached hydrogen (secondary N) is 4. The zero-order valence-corrected chi connectivity index (χ0v) is 30.9. The minimum Gasteiger partial charge on any atom is -0.410 e. The van der Waals surface area contributed by atoms with Gasteiger partial charge < -0.3 is 48.6 Å². The molecule has 6 rings (SSSR count). The van der Waals surface area contributed by atoms with Crippen LogP contribution >= 0.6 is 12.4 Å². The van der Waals surface area contributed by atoms with E-state index in [-0.39, 0.29) is 65.9 Å². The standard InChI is InChI=1S/C11H9N5O5.C6H6N6O2.C6H10N6O2.C4H6N4O.CH4.ClH/c12-9-10(14-6-17)13-5-15(9)11(18)21-8-3-1-7(2-4-8)16(19)20;1-11-6(14)12-2-8-3(4(7)13)5(12)9-10-11;1-11(8)6(14)12-2-9-5(4(12)7)10-3-13;5-3-4(8-2-9)7-1-6-3;;/h1-6H,12H2,(H,14,17);2H,1H3,(H2,7,13);2-3H,7-8H2,1H3,(H,10,13);1-2H,5H2,(H,6,7)(H,8,9);1H4;1H. The molecule has 0 radical (unpaired) electrons. The third-order valence-electron chi connectivity index (χ3n) is 6.55. The van der Waals surface area contributed by atoms with E-state index in [0.29, 0.717) is 30.9 Å². The number of nitro groups is 1. The van der Waals surface area contributed by atoms with Crippen LogP contribution in [0.3, 0.4) is 0 Å². The van der Waals surface area contributed by atoms with Crippen LogP contribution in [-0.2, 0) is 21.4 Å². The molecule has 0 aliphatic heterocycles. The van der Waals surface area contributed by atoms with Gasteiger partial charge in [0.2, 0.25) is 19.2 Å². The first-order valence-corrected chi connectivity index (χ1v) is 15.2. The molecule has 1 aromatic carbocycles. The highest BCUT2D eigenvalue weighted by Crippen LogP contribution is 2.20. The summed E-state index contributed by atoms with van der Waals surface area (Å²) in [4.78, 5) is 103. The van der Waals surface area contributed by atoms with E-state index in [9.17, 15) is 43.7 Å². The number of halogens is 1. The Morgan fingerprint density at radius 1 is 0.883 bits per heavy atom. The zero-order chi connectivity index (χ0) is 43.1. The van der Waals surface area contributed by atoms with Gasteiger partial charge in [0.05, 0.1) is 11.3 Å². The number of primary amides is 1. The number of aryl methyl sites for hydroxylation is 1. The van der Waals surface area contributed by atoms with Crippen LogP contribution < -0.4 is 55.2 Å². The molecule has 5 amide bonds. The van der Waals surface area contributed by atoms with Gasteiger partial charge >= 0.3 is 17.8 Å². The number of amides is 5. The van der Waals surface area contributed by atoms with Gasteiger partial charge in [-0.3, -0.25) is 34.3 Å². The second-order valence-electron chi connectivity index (χ2n) is 10.3. The molecular weight excluding hydrogens is 826 g/mol. The quantitative estimate of drug-likeness (QED) is 0.0258. The van der Waals surface area contributed by atoms with E-state index in [1.807, 2.05) is 0 Å². The van der Waals surface area contributed by atoms with Crippen molar-refractivity contribution in [3.05, 3.63) is 75.9 Å². The summed E-state index contributed by atoms with van der Waals surface area (Å²) in [7, 11) is 2.81. The predicted molar refractivity (Wildman–Crippen MR) is 211 cm³/mol. The Balaban J connectivity index is 0.000000411. The van der Waals surface area contributed by atoms with E-state index in [1.54, 1.807) is 0 Å². The number of carbonyl (C=O) groups is 6. The predicted octanol–water partition coefficient (Wildman–Crippen LogP) is -1.66. The lowest BCUT2D eigenvalue weighted by Crippen LogP contribution is -2.36. The Labute approximate surface area is 340 Å². The Morgan fingerprint density at radius 2 is 1.42 bits per heavy atom. The maximum Gasteiger partial charge on any atom is 0.426 e. The van der Waals surface area contributed by atoms with Gasteiger partial charge in [0.25, 0.3) is 11.6 Å². The van der Waals surface area contributed by atoms with Gasteiger partial charge in [-0.2, -0.15) is 4.68 Å². The van der Waals surface area contributed by atoms with Crippen LogP contribution in [0.25, 0.3) is 5.65 Å². The normalized spacial score (nSPS) is 9.52. The molecule has 0 spiro atoms. The molecule has 5 aromatic heterocycles. The maximum atomic E-state index is 11.8. The number of imidazole rings is 4. The summed E-state index contributed by atoms with van der Waals surface area (Å²) in [5.74, 6) is 5.36. The highest BCUT2D eigenvalue weighted by Gasteiger charge is 2.17. The van der Waals surface area contributed by atoms with Gasteiger partial charge in [-0.1, -0.05) is 12.6 Å². The molecule has 0 fully saturated rings. The Morgan fingerprint density at radius 3 is 1.90 bits per heavy atom. The van der Waals surface area contributed by atoms with E-state index in [1.165, 1.54) is 57.3 Å². The lowest BCUT2D eigenvalue weighted by atomic mass is 10.3. The number of hydrogen-bond acceptors (Lipinski definition) is 20. The number of ether oxygens (including phenoxy) is 1. The SMILES string of the molecule is C.CN(N)C(=O)n1cnc(NC=O)c1N.Cl.Cn1nnc2c(C(N)=O)ncn2c1=O.Nc1[nH]cnc1NC=O.Nc1c(NC=O)ncn1C(=O)Oc1ccc([N+](=O)[O-])cc1. The number of benzene rings is 1. The van der Waals surface area contributed by atoms with Gasteiger partial charge in [0, 0.05) is 26.2 Å². The monoisotopic (exact) mass is 861 g/mol. The van der Waals surface area contributed by atoms with Crippen molar-refractivity contribution in [1.29, 1.82) is 0 Å². The van der Waals surface area contributed by atoms with Crippen LogP contribution in [0, 0.1) is 10.1 Å². The minimum atomic E-state index is -0.868. The van der Waals surface area contributed by atoms with Crippen molar-refractivity contribution in [1.82, 2.24) is 58.5 Å². The second-order valence-corrected chi connectivity index (χ2v) is 10.3. The molecule has 5 heterocycles. The number of fused-ring (bicyclic) bond motifs is 1. The third kappa shape index (κ3) is 12.2. The topological polar surface area (TPSA) is 454 Å². The fourth-order valence-corrected chi connectivity index (χ4v) is 3.83. The Bertz CT molecular complexity index is 2490.